The maximum atomic E-state index is 12.6. The first-order valence-electron chi connectivity index (χ1n) is 9.61. The second-order valence-electron chi connectivity index (χ2n) is 6.68. The van der Waals surface area contributed by atoms with Gasteiger partial charge in [0.05, 0.1) is 11.9 Å². The smallest absolute Gasteiger partial charge is 0.251 e. The fourth-order valence-corrected chi connectivity index (χ4v) is 3.00. The van der Waals surface area contributed by atoms with Crippen LogP contribution in [0, 0.1) is 11.8 Å². The average molecular weight is 396 g/mol. The highest BCUT2D eigenvalue weighted by molar-refractivity contribution is 5.95. The molecule has 4 rings (SSSR count). The minimum atomic E-state index is -0.125. The first-order valence-corrected chi connectivity index (χ1v) is 9.61. The first-order chi connectivity index (χ1) is 14.8. The van der Waals surface area contributed by atoms with Crippen molar-refractivity contribution in [1.29, 1.82) is 0 Å². The molecule has 7 heteroatoms. The average Bonchev–Trinajstić information content (AvgIpc) is 3.50. The maximum Gasteiger partial charge on any atom is 0.251 e. The monoisotopic (exact) mass is 396 g/mol. The van der Waals surface area contributed by atoms with Crippen LogP contribution in [-0.2, 0) is 6.42 Å². The molecular weight excluding hydrogens is 376 g/mol. The largest absolute Gasteiger partial charge is 0.352 e. The van der Waals surface area contributed by atoms with Crippen LogP contribution < -0.4 is 5.32 Å². The summed E-state index contributed by atoms with van der Waals surface area (Å²) in [7, 11) is 0. The quantitative estimate of drug-likeness (QED) is 0.387. The molecule has 0 radical (unpaired) electrons. The maximum absolute atomic E-state index is 12.6. The lowest BCUT2D eigenvalue weighted by molar-refractivity contribution is 0.0953. The summed E-state index contributed by atoms with van der Waals surface area (Å²) in [6.45, 7) is 0.586. The molecular formula is C23H20N6O. The van der Waals surface area contributed by atoms with Crippen molar-refractivity contribution in [2.24, 2.45) is 0 Å². The Bertz CT molecular complexity index is 1160. The molecule has 0 saturated heterocycles. The second-order valence-corrected chi connectivity index (χ2v) is 6.68. The lowest BCUT2D eigenvalue weighted by Crippen LogP contribution is -2.25. The number of carbonyl (C=O) groups is 1. The van der Waals surface area contributed by atoms with Gasteiger partial charge in [0.2, 0.25) is 0 Å². The second kappa shape index (κ2) is 9.34. The molecule has 0 bridgehead atoms. The van der Waals surface area contributed by atoms with Crippen molar-refractivity contribution in [3.8, 4) is 17.5 Å². The third kappa shape index (κ3) is 4.80. The number of rotatable bonds is 6. The van der Waals surface area contributed by atoms with Crippen LogP contribution >= 0.6 is 0 Å². The van der Waals surface area contributed by atoms with E-state index in [0.717, 1.165) is 35.2 Å². The molecule has 0 saturated carbocycles. The topological polar surface area (TPSA) is 88.5 Å². The zero-order chi connectivity index (χ0) is 20.6. The number of nitrogens with zero attached hydrogens (tertiary/aromatic N) is 4. The summed E-state index contributed by atoms with van der Waals surface area (Å²) >= 11 is 0. The van der Waals surface area contributed by atoms with Gasteiger partial charge in [0.25, 0.3) is 5.91 Å². The Kier molecular flexibility index (Phi) is 5.97. The summed E-state index contributed by atoms with van der Waals surface area (Å²) in [4.78, 5) is 12.6. The van der Waals surface area contributed by atoms with Gasteiger partial charge in [-0.1, -0.05) is 30.0 Å². The molecule has 0 unspecified atom stereocenters. The summed E-state index contributed by atoms with van der Waals surface area (Å²) < 4.78 is 1.78. The van der Waals surface area contributed by atoms with E-state index in [4.69, 9.17) is 0 Å². The number of aromatic amines is 1. The zero-order valence-corrected chi connectivity index (χ0v) is 16.2. The third-order valence-electron chi connectivity index (χ3n) is 4.55. The van der Waals surface area contributed by atoms with Crippen LogP contribution in [0.5, 0.6) is 0 Å². The zero-order valence-electron chi connectivity index (χ0n) is 16.2. The number of carbonyl (C=O) groups excluding carboxylic acids is 1. The number of aromatic nitrogens is 5. The van der Waals surface area contributed by atoms with E-state index in [1.54, 1.807) is 35.6 Å². The molecule has 2 aromatic heterocycles. The number of aryl methyl sites for hydroxylation is 1. The molecule has 7 nitrogen and oxygen atoms in total. The van der Waals surface area contributed by atoms with Crippen LogP contribution in [0.4, 0.5) is 0 Å². The van der Waals surface area contributed by atoms with Gasteiger partial charge in [-0.25, -0.2) is 0 Å². The number of nitrogens with one attached hydrogen (secondary N) is 2. The Hall–Kier alpha value is -4.18. The third-order valence-corrected chi connectivity index (χ3v) is 4.55. The number of benzene rings is 2. The molecule has 2 aromatic carbocycles. The van der Waals surface area contributed by atoms with Gasteiger partial charge in [-0.2, -0.15) is 5.10 Å². The fourth-order valence-electron chi connectivity index (χ4n) is 3.00. The van der Waals surface area contributed by atoms with Crippen molar-refractivity contribution in [1.82, 2.24) is 30.3 Å². The van der Waals surface area contributed by atoms with Gasteiger partial charge >= 0.3 is 0 Å². The predicted molar refractivity (Wildman–Crippen MR) is 113 cm³/mol. The summed E-state index contributed by atoms with van der Waals surface area (Å²) in [5.74, 6) is 6.21. The molecule has 30 heavy (non-hydrogen) atoms. The molecule has 0 spiro atoms. The van der Waals surface area contributed by atoms with E-state index in [1.807, 2.05) is 42.6 Å². The van der Waals surface area contributed by atoms with Gasteiger partial charge in [0, 0.05) is 29.4 Å². The standard InChI is InChI=1S/C23H20N6O/c30-23(24-12-4-7-19-14-25-26-15-19)21-10-11-22(29-16-27-28-17-29)20(13-21)9-8-18-5-2-1-3-6-18/h1-3,5-6,10-11,13-17H,4,7,12H2,(H,24,30)(H,25,26). The molecule has 2 heterocycles. The molecule has 4 aromatic rings. The van der Waals surface area contributed by atoms with Crippen molar-refractivity contribution >= 4 is 5.91 Å². The van der Waals surface area contributed by atoms with E-state index in [0.29, 0.717) is 12.1 Å². The summed E-state index contributed by atoms with van der Waals surface area (Å²) in [6.07, 6.45) is 8.57. The van der Waals surface area contributed by atoms with E-state index < -0.39 is 0 Å². The fraction of sp³-hybridized carbons (Fsp3) is 0.130. The van der Waals surface area contributed by atoms with Gasteiger partial charge in [-0.15, -0.1) is 10.2 Å². The molecule has 0 aliphatic rings. The molecule has 0 aliphatic carbocycles. The van der Waals surface area contributed by atoms with Crippen LogP contribution in [0.3, 0.4) is 0 Å². The van der Waals surface area contributed by atoms with E-state index >= 15 is 0 Å². The number of H-pyrrole nitrogens is 1. The van der Waals surface area contributed by atoms with Crippen LogP contribution in [0.15, 0.2) is 73.6 Å². The van der Waals surface area contributed by atoms with Crippen LogP contribution in [0.2, 0.25) is 0 Å². The van der Waals surface area contributed by atoms with Crippen LogP contribution in [0.1, 0.15) is 33.5 Å². The number of hydrogen-bond donors (Lipinski definition) is 2. The number of amides is 1. The molecule has 148 valence electrons. The Balaban J connectivity index is 1.51. The van der Waals surface area contributed by atoms with Gasteiger partial charge in [0.1, 0.15) is 12.7 Å². The Morgan fingerprint density at radius 3 is 2.67 bits per heavy atom. The van der Waals surface area contributed by atoms with Gasteiger partial charge in [-0.3, -0.25) is 14.5 Å². The predicted octanol–water partition coefficient (Wildman–Crippen LogP) is 2.75. The van der Waals surface area contributed by atoms with E-state index in [2.05, 4.69) is 37.6 Å². The highest BCUT2D eigenvalue weighted by Gasteiger charge is 2.10. The van der Waals surface area contributed by atoms with E-state index in [9.17, 15) is 4.79 Å². The Morgan fingerprint density at radius 2 is 1.90 bits per heavy atom. The van der Waals surface area contributed by atoms with Crippen molar-refractivity contribution < 1.29 is 4.79 Å². The summed E-state index contributed by atoms with van der Waals surface area (Å²) in [5.41, 5.74) is 4.14. The van der Waals surface area contributed by atoms with E-state index in [-0.39, 0.29) is 5.91 Å². The molecule has 0 aliphatic heterocycles. The lowest BCUT2D eigenvalue weighted by atomic mass is 10.1. The molecule has 0 atom stereocenters. The first kappa shape index (κ1) is 19.2. The van der Waals surface area contributed by atoms with E-state index in [1.165, 1.54) is 0 Å². The van der Waals surface area contributed by atoms with Gasteiger partial charge in [-0.05, 0) is 48.7 Å². The summed E-state index contributed by atoms with van der Waals surface area (Å²) in [5, 5.41) is 17.4. The normalized spacial score (nSPS) is 10.3. The summed E-state index contributed by atoms with van der Waals surface area (Å²) in [6, 6.07) is 15.2. The SMILES string of the molecule is O=C(NCCCc1cn[nH]c1)c1ccc(-n2cnnc2)c(C#Cc2ccccc2)c1. The van der Waals surface area contributed by atoms with Crippen molar-refractivity contribution in [2.75, 3.05) is 6.54 Å². The van der Waals surface area contributed by atoms with Crippen LogP contribution in [0.25, 0.3) is 5.69 Å². The molecule has 2 N–H and O–H groups in total. The highest BCUT2D eigenvalue weighted by atomic mass is 16.1. The minimum Gasteiger partial charge on any atom is -0.352 e. The van der Waals surface area contributed by atoms with Crippen LogP contribution in [-0.4, -0.2) is 37.4 Å². The molecule has 0 fully saturated rings. The number of hydrogen-bond acceptors (Lipinski definition) is 4. The lowest BCUT2D eigenvalue weighted by Gasteiger charge is -2.09. The Morgan fingerprint density at radius 1 is 1.07 bits per heavy atom. The van der Waals surface area contributed by atoms with Gasteiger partial charge < -0.3 is 5.32 Å². The minimum absolute atomic E-state index is 0.125. The Labute approximate surface area is 174 Å². The van der Waals surface area contributed by atoms with Crippen molar-refractivity contribution in [3.05, 3.63) is 95.8 Å². The van der Waals surface area contributed by atoms with Gasteiger partial charge in [0.15, 0.2) is 0 Å². The van der Waals surface area contributed by atoms with Crippen molar-refractivity contribution in [2.45, 2.75) is 12.8 Å². The highest BCUT2D eigenvalue weighted by Crippen LogP contribution is 2.16. The van der Waals surface area contributed by atoms with Crippen molar-refractivity contribution in [3.63, 3.8) is 0 Å². The molecule has 1 amide bonds.